The molecule has 11 heteroatoms. The largest absolute Gasteiger partial charge is 0.488 e. The topological polar surface area (TPSA) is 119 Å². The molecule has 0 bridgehead atoms. The van der Waals surface area contributed by atoms with E-state index in [1.807, 2.05) is 56.3 Å². The molecule has 3 aromatic heterocycles. The SMILES string of the molecule is Cc1c(COc2cc(OCc3cncc(C#N)c3)c(C=O)cc2Cl)cccc1-c1cccc(-c2nc3c(Cl)cc(C=O)cn3n2)c1C. The average molecular weight is 663 g/mol. The van der Waals surface area contributed by atoms with Gasteiger partial charge in [0.2, 0.25) is 0 Å². The predicted octanol–water partition coefficient (Wildman–Crippen LogP) is 8.04. The first-order chi connectivity index (χ1) is 22.8. The third-order valence-corrected chi connectivity index (χ3v) is 8.32. The van der Waals surface area contributed by atoms with Gasteiger partial charge in [0.1, 0.15) is 30.8 Å². The Bertz CT molecular complexity index is 2220. The number of nitriles is 1. The van der Waals surface area contributed by atoms with Gasteiger partial charge in [-0.15, -0.1) is 5.10 Å². The Labute approximate surface area is 280 Å². The van der Waals surface area contributed by atoms with Gasteiger partial charge in [0, 0.05) is 41.3 Å². The highest BCUT2D eigenvalue weighted by Crippen LogP contribution is 2.36. The molecule has 0 aliphatic rings. The molecule has 0 radical (unpaired) electrons. The molecule has 3 heterocycles. The molecular formula is C36H25Cl2N5O4. The van der Waals surface area contributed by atoms with E-state index in [9.17, 15) is 9.59 Å². The first-order valence-electron chi connectivity index (χ1n) is 14.4. The summed E-state index contributed by atoms with van der Waals surface area (Å²) >= 11 is 12.9. The lowest BCUT2D eigenvalue weighted by molar-refractivity contribution is 0.111. The van der Waals surface area contributed by atoms with Crippen LogP contribution in [0.1, 0.15) is 48.5 Å². The van der Waals surface area contributed by atoms with Crippen LogP contribution in [0.3, 0.4) is 0 Å². The second-order valence-electron chi connectivity index (χ2n) is 10.7. The van der Waals surface area contributed by atoms with Gasteiger partial charge >= 0.3 is 0 Å². The molecule has 9 nitrogen and oxygen atoms in total. The standard InChI is InChI=1S/C36H25Cl2N5O4/c1-21-26(20-47-34-12-33(27(18-45)11-31(34)37)46-19-24-9-23(13-39)14-40-15-24)5-3-6-28(21)29-7-4-8-30(22(29)2)35-41-36-32(38)10-25(17-44)16-43(36)42-35/h3-12,14-18H,19-20H2,1-2H3. The number of fused-ring (bicyclic) bond motifs is 1. The molecule has 0 aliphatic carbocycles. The number of pyridine rings is 2. The summed E-state index contributed by atoms with van der Waals surface area (Å²) in [5, 5.41) is 14.4. The molecule has 0 saturated carbocycles. The Balaban J connectivity index is 1.26. The monoisotopic (exact) mass is 661 g/mol. The van der Waals surface area contributed by atoms with Crippen molar-refractivity contribution in [1.29, 1.82) is 5.26 Å². The smallest absolute Gasteiger partial charge is 0.182 e. The minimum atomic E-state index is 0.0985. The molecule has 0 fully saturated rings. The van der Waals surface area contributed by atoms with Crippen molar-refractivity contribution in [1.82, 2.24) is 19.6 Å². The van der Waals surface area contributed by atoms with Crippen LogP contribution in [-0.4, -0.2) is 32.2 Å². The number of aromatic nitrogens is 4. The minimum Gasteiger partial charge on any atom is -0.488 e. The number of rotatable bonds is 10. The van der Waals surface area contributed by atoms with Crippen LogP contribution >= 0.6 is 23.2 Å². The Morgan fingerprint density at radius 1 is 0.851 bits per heavy atom. The Morgan fingerprint density at radius 3 is 2.36 bits per heavy atom. The average Bonchev–Trinajstić information content (AvgIpc) is 3.52. The van der Waals surface area contributed by atoms with Crippen LogP contribution in [0.15, 0.2) is 79.3 Å². The number of hydrogen-bond acceptors (Lipinski definition) is 8. The number of aldehydes is 2. The van der Waals surface area contributed by atoms with Crippen LogP contribution in [0, 0.1) is 25.2 Å². The fourth-order valence-electron chi connectivity index (χ4n) is 5.27. The summed E-state index contributed by atoms with van der Waals surface area (Å²) in [6, 6.07) is 20.3. The van der Waals surface area contributed by atoms with Crippen molar-refractivity contribution in [2.24, 2.45) is 0 Å². The van der Waals surface area contributed by atoms with E-state index in [-0.39, 0.29) is 23.8 Å². The van der Waals surface area contributed by atoms with Gasteiger partial charge in [0.25, 0.3) is 0 Å². The van der Waals surface area contributed by atoms with Gasteiger partial charge in [-0.2, -0.15) is 5.26 Å². The van der Waals surface area contributed by atoms with Crippen molar-refractivity contribution >= 4 is 41.4 Å². The second-order valence-corrected chi connectivity index (χ2v) is 11.5. The van der Waals surface area contributed by atoms with Crippen LogP contribution in [0.5, 0.6) is 11.5 Å². The zero-order valence-electron chi connectivity index (χ0n) is 25.2. The van der Waals surface area contributed by atoms with Gasteiger partial charge in [0.15, 0.2) is 24.0 Å². The third kappa shape index (κ3) is 6.42. The molecule has 0 aliphatic heterocycles. The fourth-order valence-corrected chi connectivity index (χ4v) is 5.75. The highest BCUT2D eigenvalue weighted by atomic mass is 35.5. The summed E-state index contributed by atoms with van der Waals surface area (Å²) in [7, 11) is 0. The first kappa shape index (κ1) is 31.4. The van der Waals surface area contributed by atoms with Gasteiger partial charge in [-0.25, -0.2) is 9.50 Å². The van der Waals surface area contributed by atoms with Crippen molar-refractivity contribution < 1.29 is 19.1 Å². The molecule has 0 N–H and O–H groups in total. The van der Waals surface area contributed by atoms with E-state index in [1.165, 1.54) is 16.8 Å². The summed E-state index contributed by atoms with van der Waals surface area (Å²) in [5.41, 5.74) is 7.99. The van der Waals surface area contributed by atoms with Crippen molar-refractivity contribution in [3.8, 4) is 40.1 Å². The Hall–Kier alpha value is -5.56. The minimum absolute atomic E-state index is 0.0985. The van der Waals surface area contributed by atoms with Gasteiger partial charge in [0.05, 0.1) is 21.2 Å². The van der Waals surface area contributed by atoms with Crippen molar-refractivity contribution in [3.63, 3.8) is 0 Å². The molecule has 0 spiro atoms. The van der Waals surface area contributed by atoms with E-state index in [4.69, 9.17) is 37.9 Å². The van der Waals surface area contributed by atoms with Crippen molar-refractivity contribution in [3.05, 3.63) is 128 Å². The van der Waals surface area contributed by atoms with Crippen LogP contribution in [-0.2, 0) is 13.2 Å². The van der Waals surface area contributed by atoms with E-state index in [2.05, 4.69) is 15.1 Å². The third-order valence-electron chi connectivity index (χ3n) is 7.75. The predicted molar refractivity (Wildman–Crippen MR) is 178 cm³/mol. The van der Waals surface area contributed by atoms with Gasteiger partial charge in [-0.3, -0.25) is 14.6 Å². The lowest BCUT2D eigenvalue weighted by Gasteiger charge is -2.17. The molecular weight excluding hydrogens is 637 g/mol. The maximum absolute atomic E-state index is 11.8. The first-order valence-corrected chi connectivity index (χ1v) is 15.1. The Kier molecular flexibility index (Phi) is 8.98. The number of nitrogens with zero attached hydrogens (tertiary/aromatic N) is 5. The number of carbonyl (C=O) groups excluding carboxylic acids is 2. The summed E-state index contributed by atoms with van der Waals surface area (Å²) in [4.78, 5) is 31.8. The summed E-state index contributed by atoms with van der Waals surface area (Å²) in [5.74, 6) is 1.14. The van der Waals surface area contributed by atoms with E-state index < -0.39 is 0 Å². The number of halogens is 2. The van der Waals surface area contributed by atoms with Gasteiger partial charge in [-0.1, -0.05) is 59.6 Å². The fraction of sp³-hybridized carbons (Fsp3) is 0.111. The summed E-state index contributed by atoms with van der Waals surface area (Å²) < 4.78 is 13.6. The van der Waals surface area contributed by atoms with Gasteiger partial charge in [-0.05, 0) is 59.9 Å². The van der Waals surface area contributed by atoms with Crippen molar-refractivity contribution in [2.75, 3.05) is 0 Å². The normalized spacial score (nSPS) is 10.9. The highest BCUT2D eigenvalue weighted by molar-refractivity contribution is 6.33. The summed E-state index contributed by atoms with van der Waals surface area (Å²) in [6.45, 7) is 4.35. The Morgan fingerprint density at radius 2 is 1.60 bits per heavy atom. The van der Waals surface area contributed by atoms with E-state index >= 15 is 0 Å². The zero-order valence-corrected chi connectivity index (χ0v) is 26.7. The van der Waals surface area contributed by atoms with E-state index in [0.29, 0.717) is 51.0 Å². The van der Waals surface area contributed by atoms with Crippen LogP contribution in [0.4, 0.5) is 0 Å². The van der Waals surface area contributed by atoms with Crippen LogP contribution in [0.25, 0.3) is 28.2 Å². The number of hydrogen-bond donors (Lipinski definition) is 0. The maximum atomic E-state index is 11.8. The lowest BCUT2D eigenvalue weighted by atomic mass is 9.91. The molecule has 232 valence electrons. The van der Waals surface area contributed by atoms with E-state index in [1.54, 1.807) is 30.6 Å². The molecule has 0 amide bonds. The zero-order chi connectivity index (χ0) is 33.1. The van der Waals surface area contributed by atoms with Crippen molar-refractivity contribution in [2.45, 2.75) is 27.1 Å². The lowest BCUT2D eigenvalue weighted by Crippen LogP contribution is -2.03. The summed E-state index contributed by atoms with van der Waals surface area (Å²) in [6.07, 6.45) is 6.03. The second kappa shape index (κ2) is 13.4. The quantitative estimate of drug-likeness (QED) is 0.135. The number of carbonyl (C=O) groups is 2. The van der Waals surface area contributed by atoms with Crippen LogP contribution < -0.4 is 9.47 Å². The molecule has 0 saturated heterocycles. The molecule has 6 aromatic rings. The molecule has 47 heavy (non-hydrogen) atoms. The van der Waals surface area contributed by atoms with Gasteiger partial charge < -0.3 is 9.47 Å². The van der Waals surface area contributed by atoms with Crippen LogP contribution in [0.2, 0.25) is 10.0 Å². The maximum Gasteiger partial charge on any atom is 0.182 e. The number of ether oxygens (including phenoxy) is 2. The highest BCUT2D eigenvalue weighted by Gasteiger charge is 2.17. The molecule has 0 atom stereocenters. The molecule has 0 unspecified atom stereocenters. The molecule has 3 aromatic carbocycles. The van der Waals surface area contributed by atoms with E-state index in [0.717, 1.165) is 39.7 Å². The molecule has 6 rings (SSSR count). The number of benzene rings is 3.